The lowest BCUT2D eigenvalue weighted by molar-refractivity contribution is -0.161. The lowest BCUT2D eigenvalue weighted by Gasteiger charge is -2.21. The van der Waals surface area contributed by atoms with Gasteiger partial charge in [-0.05, 0) is 37.5 Å². The van der Waals surface area contributed by atoms with Crippen LogP contribution in [0.3, 0.4) is 0 Å². The first-order valence-electron chi connectivity index (χ1n) is 33.5. The first kappa shape index (κ1) is 81.1. The summed E-state index contributed by atoms with van der Waals surface area (Å²) in [5.41, 5.74) is 0. The molecule has 83 heavy (non-hydrogen) atoms. The number of phosphoric acid groups is 2. The van der Waals surface area contributed by atoms with Gasteiger partial charge in [-0.25, -0.2) is 9.13 Å². The highest BCUT2D eigenvalue weighted by atomic mass is 31.2. The van der Waals surface area contributed by atoms with Crippen LogP contribution in [0.15, 0.2) is 0 Å². The number of esters is 4. The lowest BCUT2D eigenvalue weighted by Crippen LogP contribution is -2.30. The predicted octanol–water partition coefficient (Wildman–Crippen LogP) is 17.7. The minimum atomic E-state index is -4.94. The maximum absolute atomic E-state index is 13.0. The summed E-state index contributed by atoms with van der Waals surface area (Å²) in [5, 5.41) is 10.5. The fourth-order valence-electron chi connectivity index (χ4n) is 9.50. The quantitative estimate of drug-likeness (QED) is 0.0222. The Morgan fingerprint density at radius 2 is 0.614 bits per heavy atom. The molecule has 0 aromatic rings. The summed E-state index contributed by atoms with van der Waals surface area (Å²) in [6, 6.07) is 0. The number of rotatable bonds is 63. The highest BCUT2D eigenvalue weighted by Crippen LogP contribution is 2.45. The van der Waals surface area contributed by atoms with Gasteiger partial charge < -0.3 is 33.8 Å². The van der Waals surface area contributed by atoms with Gasteiger partial charge in [-0.2, -0.15) is 0 Å². The van der Waals surface area contributed by atoms with E-state index in [1.165, 1.54) is 122 Å². The molecule has 0 fully saturated rings. The molecule has 19 heteroatoms. The molecule has 0 aromatic heterocycles. The number of aliphatic hydroxyl groups is 1. The standard InChI is InChI=1S/C64H124O17P2/c1-7-10-12-14-15-16-24-29-36-42-48-63(68)80-59(52-74-61(66)46-40-32-13-11-8-2)54-78-82(70,71)76-50-58(65)51-77-83(72,73)79-55-60(53-75-62(67)47-41-35-31-26-27-33-38-44-56(4)5)81-64(69)49-43-37-30-25-22-20-18-17-19-21-23-28-34-39-45-57(6)9-3/h56-60,65H,7-55H2,1-6H3,(H,70,71)(H,72,73)/t57?,58-,59+,60+/m0/s1. The predicted molar refractivity (Wildman–Crippen MR) is 331 cm³/mol. The Morgan fingerprint density at radius 3 is 0.916 bits per heavy atom. The maximum Gasteiger partial charge on any atom is 0.472 e. The number of hydrogen-bond donors (Lipinski definition) is 3. The number of hydrogen-bond acceptors (Lipinski definition) is 15. The Morgan fingerprint density at radius 1 is 0.349 bits per heavy atom. The zero-order valence-corrected chi connectivity index (χ0v) is 55.3. The van der Waals surface area contributed by atoms with E-state index in [9.17, 15) is 43.2 Å². The number of carbonyl (C=O) groups excluding carboxylic acids is 4. The fraction of sp³-hybridized carbons (Fsp3) is 0.938. The number of unbranched alkanes of at least 4 members (excludes halogenated alkanes) is 32. The normalized spacial score (nSPS) is 14.6. The van der Waals surface area contributed by atoms with Crippen molar-refractivity contribution < 1.29 is 80.2 Å². The van der Waals surface area contributed by atoms with Gasteiger partial charge in [0.1, 0.15) is 19.3 Å². The highest BCUT2D eigenvalue weighted by Gasteiger charge is 2.30. The van der Waals surface area contributed by atoms with Crippen LogP contribution in [0.5, 0.6) is 0 Å². The molecule has 0 saturated carbocycles. The molecule has 0 aliphatic rings. The third-order valence-electron chi connectivity index (χ3n) is 15.1. The van der Waals surface area contributed by atoms with E-state index in [0.717, 1.165) is 109 Å². The molecule has 492 valence electrons. The van der Waals surface area contributed by atoms with E-state index in [-0.39, 0.29) is 25.7 Å². The smallest absolute Gasteiger partial charge is 0.462 e. The molecule has 0 bridgehead atoms. The second-order valence-corrected chi connectivity index (χ2v) is 26.8. The van der Waals surface area contributed by atoms with Crippen molar-refractivity contribution in [3.8, 4) is 0 Å². The molecule has 6 atom stereocenters. The Hall–Kier alpha value is -1.94. The van der Waals surface area contributed by atoms with Gasteiger partial charge in [0.15, 0.2) is 12.2 Å². The summed E-state index contributed by atoms with van der Waals surface area (Å²) in [6.07, 6.45) is 39.3. The molecule has 0 amide bonds. The summed E-state index contributed by atoms with van der Waals surface area (Å²) >= 11 is 0. The van der Waals surface area contributed by atoms with Crippen LogP contribution in [0, 0.1) is 11.8 Å². The van der Waals surface area contributed by atoms with Gasteiger partial charge in [0.2, 0.25) is 0 Å². The number of ether oxygens (including phenoxy) is 4. The van der Waals surface area contributed by atoms with Gasteiger partial charge in [0.25, 0.3) is 0 Å². The van der Waals surface area contributed by atoms with Gasteiger partial charge in [0, 0.05) is 25.7 Å². The summed E-state index contributed by atoms with van der Waals surface area (Å²) in [6.45, 7) is 9.40. The molecule has 0 rings (SSSR count). The highest BCUT2D eigenvalue weighted by molar-refractivity contribution is 7.47. The third kappa shape index (κ3) is 57.6. The van der Waals surface area contributed by atoms with Crippen LogP contribution < -0.4 is 0 Å². The van der Waals surface area contributed by atoms with Crippen LogP contribution >= 0.6 is 15.6 Å². The van der Waals surface area contributed by atoms with E-state index >= 15 is 0 Å². The maximum atomic E-state index is 13.0. The monoisotopic (exact) mass is 1230 g/mol. The zero-order valence-electron chi connectivity index (χ0n) is 53.5. The topological polar surface area (TPSA) is 237 Å². The molecule has 0 aromatic carbocycles. The minimum Gasteiger partial charge on any atom is -0.462 e. The Kier molecular flexibility index (Phi) is 55.2. The number of phosphoric ester groups is 2. The minimum absolute atomic E-state index is 0.105. The van der Waals surface area contributed by atoms with E-state index in [1.54, 1.807) is 0 Å². The molecule has 3 unspecified atom stereocenters. The number of carbonyl (C=O) groups is 4. The van der Waals surface area contributed by atoms with E-state index < -0.39 is 97.5 Å². The van der Waals surface area contributed by atoms with Crippen molar-refractivity contribution in [1.82, 2.24) is 0 Å². The average molecular weight is 1230 g/mol. The third-order valence-corrected chi connectivity index (χ3v) is 17.0. The first-order chi connectivity index (χ1) is 39.9. The van der Waals surface area contributed by atoms with Gasteiger partial charge >= 0.3 is 39.5 Å². The summed E-state index contributed by atoms with van der Waals surface area (Å²) < 4.78 is 67.8. The Bertz CT molecular complexity index is 1630. The Balaban J connectivity index is 5.13. The fourth-order valence-corrected chi connectivity index (χ4v) is 11.1. The molecule has 0 saturated heterocycles. The van der Waals surface area contributed by atoms with Crippen molar-refractivity contribution in [2.24, 2.45) is 11.8 Å². The molecule has 17 nitrogen and oxygen atoms in total. The van der Waals surface area contributed by atoms with Crippen LogP contribution in [0.25, 0.3) is 0 Å². The van der Waals surface area contributed by atoms with Crippen LogP contribution in [-0.4, -0.2) is 96.7 Å². The SMILES string of the molecule is CCCCCCCCCCCCC(=O)O[C@H](COC(=O)CCCCCCC)COP(=O)(O)OC[C@H](O)COP(=O)(O)OC[C@@H](COC(=O)CCCCCCCCCC(C)C)OC(=O)CCCCCCCCCCCCCCCCC(C)CC. The first-order valence-corrected chi connectivity index (χ1v) is 36.5. The van der Waals surface area contributed by atoms with Crippen molar-refractivity contribution in [3.05, 3.63) is 0 Å². The molecule has 0 aliphatic carbocycles. The lowest BCUT2D eigenvalue weighted by atomic mass is 9.99. The molecular formula is C64H124O17P2. The summed E-state index contributed by atoms with van der Waals surface area (Å²) in [4.78, 5) is 71.9. The molecule has 0 radical (unpaired) electrons. The van der Waals surface area contributed by atoms with Crippen LogP contribution in [0.1, 0.15) is 318 Å². The van der Waals surface area contributed by atoms with Gasteiger partial charge in [-0.1, -0.05) is 266 Å². The van der Waals surface area contributed by atoms with Crippen molar-refractivity contribution >= 4 is 39.5 Å². The van der Waals surface area contributed by atoms with Gasteiger partial charge in [0.05, 0.1) is 26.4 Å². The van der Waals surface area contributed by atoms with Crippen molar-refractivity contribution in [3.63, 3.8) is 0 Å². The summed E-state index contributed by atoms with van der Waals surface area (Å²) in [7, 11) is -9.88. The second-order valence-electron chi connectivity index (χ2n) is 23.9. The second kappa shape index (κ2) is 56.6. The van der Waals surface area contributed by atoms with E-state index in [0.29, 0.717) is 31.6 Å². The van der Waals surface area contributed by atoms with E-state index in [2.05, 4.69) is 41.5 Å². The van der Waals surface area contributed by atoms with E-state index in [4.69, 9.17) is 37.0 Å². The van der Waals surface area contributed by atoms with Crippen molar-refractivity contribution in [2.45, 2.75) is 336 Å². The molecule has 0 aliphatic heterocycles. The number of aliphatic hydroxyl groups excluding tert-OH is 1. The van der Waals surface area contributed by atoms with Crippen LogP contribution in [-0.2, 0) is 65.4 Å². The molecule has 0 heterocycles. The van der Waals surface area contributed by atoms with Gasteiger partial charge in [-0.15, -0.1) is 0 Å². The molecule has 3 N–H and O–H groups in total. The molecular weight excluding hydrogens is 1100 g/mol. The largest absolute Gasteiger partial charge is 0.472 e. The van der Waals surface area contributed by atoms with Crippen molar-refractivity contribution in [2.75, 3.05) is 39.6 Å². The summed E-state index contributed by atoms with van der Waals surface area (Å²) in [5.74, 6) is -0.595. The van der Waals surface area contributed by atoms with Crippen molar-refractivity contribution in [1.29, 1.82) is 0 Å². The van der Waals surface area contributed by atoms with E-state index in [1.807, 2.05) is 0 Å². The van der Waals surface area contributed by atoms with Gasteiger partial charge in [-0.3, -0.25) is 37.3 Å². The van der Waals surface area contributed by atoms with Crippen LogP contribution in [0.4, 0.5) is 0 Å². The average Bonchev–Trinajstić information content (AvgIpc) is 3.46. The Labute approximate surface area is 505 Å². The van der Waals surface area contributed by atoms with Crippen LogP contribution in [0.2, 0.25) is 0 Å². The molecule has 0 spiro atoms. The zero-order chi connectivity index (χ0) is 61.5.